The van der Waals surface area contributed by atoms with Crippen LogP contribution >= 0.6 is 22.9 Å². The molecule has 2 rings (SSSR count). The zero-order valence-corrected chi connectivity index (χ0v) is 17.8. The van der Waals surface area contributed by atoms with Gasteiger partial charge in [-0.2, -0.15) is 0 Å². The second kappa shape index (κ2) is 9.03. The number of aromatic nitrogens is 1. The molecule has 9 nitrogen and oxygen atoms in total. The molecule has 0 aliphatic heterocycles. The largest absolute Gasteiger partial charge is 0.755 e. The van der Waals surface area contributed by atoms with Gasteiger partial charge in [-0.1, -0.05) is 22.9 Å². The van der Waals surface area contributed by atoms with Crippen LogP contribution in [0.2, 0.25) is 5.02 Å². The number of ether oxygens (including phenoxy) is 1. The van der Waals surface area contributed by atoms with E-state index in [1.165, 1.54) is 0 Å². The van der Waals surface area contributed by atoms with E-state index in [1.54, 1.807) is 39.0 Å². The minimum Gasteiger partial charge on any atom is -0.755 e. The number of halogens is 1. The van der Waals surface area contributed by atoms with E-state index in [2.05, 4.69) is 4.98 Å². The lowest BCUT2D eigenvalue weighted by atomic mass is 10.2. The first-order valence-electron chi connectivity index (χ1n) is 8.09. The van der Waals surface area contributed by atoms with Crippen LogP contribution < -0.4 is 4.31 Å². The lowest BCUT2D eigenvalue weighted by molar-refractivity contribution is -0.138. The summed E-state index contributed by atoms with van der Waals surface area (Å²) in [4.78, 5) is 28.5. The number of nitrogens with zero attached hydrogens (tertiary/aromatic N) is 3. The van der Waals surface area contributed by atoms with E-state index in [1.807, 2.05) is 0 Å². The Labute approximate surface area is 173 Å². The molecule has 0 saturated heterocycles. The summed E-state index contributed by atoms with van der Waals surface area (Å²) in [5.74, 6) is -1.24. The van der Waals surface area contributed by atoms with Crippen LogP contribution in [0.1, 0.15) is 20.8 Å². The quantitative estimate of drug-likeness (QED) is 0.646. The third kappa shape index (κ3) is 6.30. The molecule has 1 aromatic carbocycles. The summed E-state index contributed by atoms with van der Waals surface area (Å²) in [6, 6.07) is 5.00. The molecule has 0 aliphatic rings. The zero-order chi connectivity index (χ0) is 21.1. The summed E-state index contributed by atoms with van der Waals surface area (Å²) >= 11 is 4.39. The molecule has 1 amide bonds. The first-order chi connectivity index (χ1) is 13.0. The van der Waals surface area contributed by atoms with E-state index in [-0.39, 0.29) is 18.2 Å². The number of amides is 1. The normalized spacial score (nSPS) is 12.6. The van der Waals surface area contributed by atoms with Crippen molar-refractivity contribution in [3.63, 3.8) is 0 Å². The van der Waals surface area contributed by atoms with E-state index < -0.39 is 35.5 Å². The van der Waals surface area contributed by atoms with Crippen molar-refractivity contribution in [2.75, 3.05) is 23.9 Å². The standard InChI is InChI=1S/C16H20ClN3O6S2/c1-16(2,3)26-15(23)19(9-13(21)22)6-7-20(28(24)25)14-18-11-8-10(17)4-5-12(11)27-14/h4-5,8H,6-7,9H2,1-3H3,(H,21,22)(H,24,25)/p-1. The molecule has 0 bridgehead atoms. The predicted molar refractivity (Wildman–Crippen MR) is 106 cm³/mol. The molecule has 12 heteroatoms. The molecule has 0 fully saturated rings. The Morgan fingerprint density at radius 1 is 1.36 bits per heavy atom. The Balaban J connectivity index is 2.19. The molecule has 0 aliphatic carbocycles. The van der Waals surface area contributed by atoms with E-state index in [9.17, 15) is 18.4 Å². The molecule has 1 aromatic heterocycles. The van der Waals surface area contributed by atoms with Crippen molar-refractivity contribution < 1.29 is 28.2 Å². The molecule has 28 heavy (non-hydrogen) atoms. The number of hydrogen-bond acceptors (Lipinski definition) is 7. The number of anilines is 1. The van der Waals surface area contributed by atoms with Crippen LogP contribution in [0.25, 0.3) is 10.2 Å². The molecule has 1 atom stereocenters. The molecular weight excluding hydrogens is 430 g/mol. The summed E-state index contributed by atoms with van der Waals surface area (Å²) in [6.45, 7) is 3.95. The molecule has 0 radical (unpaired) electrons. The highest BCUT2D eigenvalue weighted by atomic mass is 35.5. The van der Waals surface area contributed by atoms with Crippen LogP contribution in [-0.4, -0.2) is 61.0 Å². The number of carboxylic acids is 1. The number of carbonyl (C=O) groups excluding carboxylic acids is 1. The van der Waals surface area contributed by atoms with Crippen molar-refractivity contribution in [1.82, 2.24) is 9.88 Å². The van der Waals surface area contributed by atoms with Gasteiger partial charge in [0.25, 0.3) is 0 Å². The average Bonchev–Trinajstić information content (AvgIpc) is 2.94. The topological polar surface area (TPSA) is 123 Å². The van der Waals surface area contributed by atoms with Gasteiger partial charge in [0.05, 0.1) is 16.8 Å². The highest BCUT2D eigenvalue weighted by Gasteiger charge is 2.25. The lowest BCUT2D eigenvalue weighted by Crippen LogP contribution is -2.44. The number of hydrogen-bond donors (Lipinski definition) is 1. The maximum atomic E-state index is 12.2. The van der Waals surface area contributed by atoms with Crippen LogP contribution in [0.3, 0.4) is 0 Å². The van der Waals surface area contributed by atoms with E-state index >= 15 is 0 Å². The van der Waals surface area contributed by atoms with Crippen molar-refractivity contribution in [2.45, 2.75) is 26.4 Å². The second-order valence-corrected chi connectivity index (χ2v) is 9.04. The number of aliphatic carboxylic acids is 1. The fourth-order valence-electron chi connectivity index (χ4n) is 2.17. The summed E-state index contributed by atoms with van der Waals surface area (Å²) in [5.41, 5.74) is -0.279. The summed E-state index contributed by atoms with van der Waals surface area (Å²) in [5, 5.41) is 9.69. The fraction of sp³-hybridized carbons (Fsp3) is 0.438. The van der Waals surface area contributed by atoms with Crippen LogP contribution in [0.15, 0.2) is 18.2 Å². The Kier molecular flexibility index (Phi) is 7.21. The minimum atomic E-state index is -2.68. The highest BCUT2D eigenvalue weighted by molar-refractivity contribution is 7.81. The maximum absolute atomic E-state index is 12.2. The van der Waals surface area contributed by atoms with E-state index in [4.69, 9.17) is 21.4 Å². The molecule has 154 valence electrons. The monoisotopic (exact) mass is 448 g/mol. The smallest absolute Gasteiger partial charge is 0.410 e. The third-order valence-corrected chi connectivity index (χ3v) is 5.41. The Morgan fingerprint density at radius 2 is 2.04 bits per heavy atom. The van der Waals surface area contributed by atoms with Gasteiger partial charge in [-0.15, -0.1) is 0 Å². The highest BCUT2D eigenvalue weighted by Crippen LogP contribution is 2.31. The average molecular weight is 449 g/mol. The van der Waals surface area contributed by atoms with Gasteiger partial charge >= 0.3 is 12.1 Å². The number of thiazole rings is 1. The van der Waals surface area contributed by atoms with Crippen LogP contribution in [0.5, 0.6) is 0 Å². The predicted octanol–water partition coefficient (Wildman–Crippen LogP) is 2.87. The minimum absolute atomic E-state index is 0.184. The van der Waals surface area contributed by atoms with Gasteiger partial charge in [0.2, 0.25) is 0 Å². The molecule has 1 heterocycles. The van der Waals surface area contributed by atoms with Crippen molar-refractivity contribution in [3.8, 4) is 0 Å². The molecule has 1 N–H and O–H groups in total. The SMILES string of the molecule is CC(C)(C)OC(=O)N(CCN(c1nc2cc(Cl)ccc2s1)S(=O)[O-])CC(=O)O. The molecule has 2 aromatic rings. The van der Waals surface area contributed by atoms with Crippen molar-refractivity contribution in [2.24, 2.45) is 0 Å². The van der Waals surface area contributed by atoms with Crippen LogP contribution in [0, 0.1) is 0 Å². The summed E-state index contributed by atoms with van der Waals surface area (Å²) in [7, 11) is 0. The Hall–Kier alpha value is -1.95. The summed E-state index contributed by atoms with van der Waals surface area (Å²) in [6.07, 6.45) is -0.845. The maximum Gasteiger partial charge on any atom is 0.410 e. The Bertz CT molecular complexity index is 898. The van der Waals surface area contributed by atoms with Gasteiger partial charge in [-0.05, 0) is 39.0 Å². The van der Waals surface area contributed by atoms with E-state index in [0.29, 0.717) is 10.5 Å². The molecule has 0 saturated carbocycles. The molecular formula is C16H19ClN3O6S2-. The van der Waals surface area contributed by atoms with Crippen molar-refractivity contribution in [1.29, 1.82) is 0 Å². The number of carbonyl (C=O) groups is 2. The molecule has 1 unspecified atom stereocenters. The number of carboxylic acid groups (broad SMARTS) is 1. The van der Waals surface area contributed by atoms with Gasteiger partial charge < -0.3 is 14.4 Å². The second-order valence-electron chi connectivity index (χ2n) is 6.72. The fourth-order valence-corrected chi connectivity index (χ4v) is 3.90. The van der Waals surface area contributed by atoms with Gasteiger partial charge in [0.15, 0.2) is 5.13 Å². The van der Waals surface area contributed by atoms with Crippen molar-refractivity contribution >= 4 is 61.6 Å². The summed E-state index contributed by atoms with van der Waals surface area (Å²) < 4.78 is 30.3. The van der Waals surface area contributed by atoms with E-state index in [0.717, 1.165) is 25.2 Å². The number of benzene rings is 1. The van der Waals surface area contributed by atoms with Gasteiger partial charge in [-0.25, -0.2) is 9.78 Å². The van der Waals surface area contributed by atoms with Gasteiger partial charge in [0, 0.05) is 22.8 Å². The van der Waals surface area contributed by atoms with Crippen LogP contribution in [0.4, 0.5) is 9.93 Å². The lowest BCUT2D eigenvalue weighted by Gasteiger charge is -2.29. The van der Waals surface area contributed by atoms with Gasteiger partial charge in [-0.3, -0.25) is 18.2 Å². The number of fused-ring (bicyclic) bond motifs is 1. The van der Waals surface area contributed by atoms with Crippen LogP contribution in [-0.2, 0) is 20.8 Å². The zero-order valence-electron chi connectivity index (χ0n) is 15.4. The number of rotatable bonds is 7. The molecule has 0 spiro atoms. The first-order valence-corrected chi connectivity index (χ1v) is 10.3. The first kappa shape index (κ1) is 22.3. The third-order valence-electron chi connectivity index (χ3n) is 3.28. The Morgan fingerprint density at radius 3 is 2.61 bits per heavy atom. The van der Waals surface area contributed by atoms with Gasteiger partial charge in [0.1, 0.15) is 12.1 Å². The van der Waals surface area contributed by atoms with Crippen molar-refractivity contribution in [3.05, 3.63) is 23.2 Å².